The molecule has 7 nitrogen and oxygen atoms in total. The molecule has 0 radical (unpaired) electrons. The molecule has 37 heavy (non-hydrogen) atoms. The Kier molecular flexibility index (Phi) is 7.14. The first-order valence-electron chi connectivity index (χ1n) is 13.3. The number of phenols is 3. The van der Waals surface area contributed by atoms with Crippen molar-refractivity contribution in [2.24, 2.45) is 17.8 Å². The van der Waals surface area contributed by atoms with Gasteiger partial charge in [-0.3, -0.25) is 0 Å². The number of methoxy groups -OCH3 is 1. The minimum absolute atomic E-state index is 0.0218. The van der Waals surface area contributed by atoms with Crippen LogP contribution in [0.2, 0.25) is 0 Å². The molecule has 0 amide bonds. The first-order valence-corrected chi connectivity index (χ1v) is 13.3. The predicted molar refractivity (Wildman–Crippen MR) is 140 cm³/mol. The summed E-state index contributed by atoms with van der Waals surface area (Å²) in [6, 6.07) is 5.91. The van der Waals surface area contributed by atoms with Crippen LogP contribution in [0.15, 0.2) is 24.3 Å². The minimum Gasteiger partial charge on any atom is -0.508 e. The Morgan fingerprint density at radius 1 is 1.11 bits per heavy atom. The molecule has 6 unspecified atom stereocenters. The Morgan fingerprint density at radius 2 is 1.89 bits per heavy atom. The molecule has 2 aromatic rings. The van der Waals surface area contributed by atoms with E-state index in [9.17, 15) is 25.5 Å². The van der Waals surface area contributed by atoms with Crippen molar-refractivity contribution in [1.82, 2.24) is 0 Å². The molecule has 6 atom stereocenters. The zero-order valence-corrected chi connectivity index (χ0v) is 21.7. The number of ether oxygens (including phenoxy) is 2. The maximum absolute atomic E-state index is 11.4. The van der Waals surface area contributed by atoms with Crippen LogP contribution in [-0.4, -0.2) is 44.9 Å². The molecule has 1 saturated carbocycles. The molecule has 0 spiro atoms. The highest BCUT2D eigenvalue weighted by atomic mass is 16.5. The van der Waals surface area contributed by atoms with Gasteiger partial charge in [0.1, 0.15) is 5.75 Å². The van der Waals surface area contributed by atoms with Crippen LogP contribution in [0.1, 0.15) is 79.4 Å². The lowest BCUT2D eigenvalue weighted by molar-refractivity contribution is -0.178. The van der Waals surface area contributed by atoms with Crippen molar-refractivity contribution in [1.29, 1.82) is 0 Å². The van der Waals surface area contributed by atoms with Gasteiger partial charge in [0.15, 0.2) is 11.5 Å². The van der Waals surface area contributed by atoms with Crippen molar-refractivity contribution in [3.8, 4) is 23.0 Å². The second kappa shape index (κ2) is 10.2. The summed E-state index contributed by atoms with van der Waals surface area (Å²) in [5.41, 5.74) is 3.45. The molecule has 2 aliphatic carbocycles. The van der Waals surface area contributed by atoms with E-state index in [-0.39, 0.29) is 35.2 Å². The normalized spacial score (nSPS) is 28.5. The van der Waals surface area contributed by atoms with Crippen LogP contribution in [0.25, 0.3) is 6.08 Å². The summed E-state index contributed by atoms with van der Waals surface area (Å²) in [5.74, 6) is 0.0604. The zero-order valence-electron chi connectivity index (χ0n) is 21.7. The van der Waals surface area contributed by atoms with Gasteiger partial charge < -0.3 is 35.0 Å². The summed E-state index contributed by atoms with van der Waals surface area (Å²) in [5, 5.41) is 53.0. The summed E-state index contributed by atoms with van der Waals surface area (Å²) >= 11 is 0. The SMILES string of the molecule is COc1c(O)c(O)c(CO)c2c1C=CC1C2OC2CC(c3ccc(O)c(CCC(C)C)c3)CCC2C1O. The highest BCUT2D eigenvalue weighted by Gasteiger charge is 2.49. The van der Waals surface area contributed by atoms with Crippen molar-refractivity contribution in [3.05, 3.63) is 52.1 Å². The van der Waals surface area contributed by atoms with Gasteiger partial charge in [0.2, 0.25) is 5.75 Å². The number of hydrogen-bond donors (Lipinski definition) is 5. The second-order valence-electron chi connectivity index (χ2n) is 11.2. The average Bonchev–Trinajstić information content (AvgIpc) is 2.89. The summed E-state index contributed by atoms with van der Waals surface area (Å²) in [6.07, 6.45) is 6.56. The van der Waals surface area contributed by atoms with Gasteiger partial charge in [0.05, 0.1) is 32.0 Å². The number of benzene rings is 2. The van der Waals surface area contributed by atoms with E-state index >= 15 is 0 Å². The third-order valence-corrected chi connectivity index (χ3v) is 8.63. The maximum Gasteiger partial charge on any atom is 0.201 e. The first-order chi connectivity index (χ1) is 17.7. The van der Waals surface area contributed by atoms with Gasteiger partial charge in [-0.05, 0) is 61.1 Å². The van der Waals surface area contributed by atoms with Crippen molar-refractivity contribution >= 4 is 6.08 Å². The third-order valence-electron chi connectivity index (χ3n) is 8.63. The van der Waals surface area contributed by atoms with E-state index < -0.39 is 30.3 Å². The van der Waals surface area contributed by atoms with E-state index in [1.165, 1.54) is 12.7 Å². The van der Waals surface area contributed by atoms with E-state index in [4.69, 9.17) is 9.47 Å². The fraction of sp³-hybridized carbons (Fsp3) is 0.533. The number of rotatable bonds is 6. The molecular formula is C30H38O7. The molecule has 7 heteroatoms. The number of fused-ring (bicyclic) bond motifs is 4. The lowest BCUT2D eigenvalue weighted by Gasteiger charge is -2.49. The van der Waals surface area contributed by atoms with Gasteiger partial charge in [-0.25, -0.2) is 0 Å². The molecule has 0 aromatic heterocycles. The number of aromatic hydroxyl groups is 3. The maximum atomic E-state index is 11.4. The molecule has 2 fully saturated rings. The smallest absolute Gasteiger partial charge is 0.201 e. The number of phenolic OH excluding ortho intramolecular Hbond substituents is 2. The lowest BCUT2D eigenvalue weighted by Crippen LogP contribution is -2.50. The van der Waals surface area contributed by atoms with Gasteiger partial charge in [0, 0.05) is 28.5 Å². The zero-order chi connectivity index (χ0) is 26.4. The van der Waals surface area contributed by atoms with E-state index in [0.29, 0.717) is 22.8 Å². The quantitative estimate of drug-likeness (QED) is 0.350. The van der Waals surface area contributed by atoms with Crippen molar-refractivity contribution in [2.45, 2.75) is 76.8 Å². The molecule has 1 saturated heterocycles. The van der Waals surface area contributed by atoms with Crippen molar-refractivity contribution in [2.75, 3.05) is 7.11 Å². The van der Waals surface area contributed by atoms with Gasteiger partial charge in [-0.2, -0.15) is 0 Å². The van der Waals surface area contributed by atoms with Crippen LogP contribution in [0.5, 0.6) is 23.0 Å². The van der Waals surface area contributed by atoms with Crippen LogP contribution in [0.4, 0.5) is 0 Å². The van der Waals surface area contributed by atoms with Crippen molar-refractivity contribution in [3.63, 3.8) is 0 Å². The van der Waals surface area contributed by atoms with Crippen LogP contribution in [-0.2, 0) is 17.8 Å². The number of aliphatic hydroxyl groups is 2. The molecule has 5 rings (SSSR count). The molecule has 1 heterocycles. The molecule has 1 aliphatic heterocycles. The van der Waals surface area contributed by atoms with E-state index in [1.54, 1.807) is 12.1 Å². The average molecular weight is 511 g/mol. The minimum atomic E-state index is -0.635. The number of hydrogen-bond acceptors (Lipinski definition) is 7. The Hall–Kier alpha value is -2.74. The summed E-state index contributed by atoms with van der Waals surface area (Å²) in [4.78, 5) is 0. The van der Waals surface area contributed by atoms with E-state index in [2.05, 4.69) is 19.9 Å². The molecule has 0 bridgehead atoms. The van der Waals surface area contributed by atoms with E-state index in [1.807, 2.05) is 12.1 Å². The lowest BCUT2D eigenvalue weighted by atomic mass is 9.67. The van der Waals surface area contributed by atoms with Gasteiger partial charge in [0.25, 0.3) is 0 Å². The second-order valence-corrected chi connectivity index (χ2v) is 11.2. The van der Waals surface area contributed by atoms with Crippen LogP contribution in [0.3, 0.4) is 0 Å². The molecule has 200 valence electrons. The van der Waals surface area contributed by atoms with Crippen LogP contribution >= 0.6 is 0 Å². The summed E-state index contributed by atoms with van der Waals surface area (Å²) in [7, 11) is 1.42. The third kappa shape index (κ3) is 4.47. The highest BCUT2D eigenvalue weighted by molar-refractivity contribution is 5.74. The Morgan fingerprint density at radius 3 is 2.59 bits per heavy atom. The molecular weight excluding hydrogens is 472 g/mol. The van der Waals surface area contributed by atoms with Crippen molar-refractivity contribution < 1.29 is 35.0 Å². The van der Waals surface area contributed by atoms with Crippen LogP contribution in [0, 0.1) is 17.8 Å². The molecule has 5 N–H and O–H groups in total. The summed E-state index contributed by atoms with van der Waals surface area (Å²) < 4.78 is 12.1. The topological polar surface area (TPSA) is 120 Å². The molecule has 3 aliphatic rings. The number of aryl methyl sites for hydroxylation is 1. The fourth-order valence-corrected chi connectivity index (χ4v) is 6.58. The Labute approximate surface area is 218 Å². The number of aliphatic hydroxyl groups excluding tert-OH is 2. The standard InChI is InChI=1S/C30H38O7/c1-15(2)4-5-18-12-16(7-11-23(18)32)17-6-8-19-24(13-17)37-29-21(26(19)33)10-9-20-25(29)22(14-31)27(34)28(35)30(20)36-3/h7,9-12,15,17,19,21,24,26,29,31-35H,4-6,8,13-14H2,1-3H3. The Bertz CT molecular complexity index is 1190. The monoisotopic (exact) mass is 510 g/mol. The van der Waals surface area contributed by atoms with E-state index in [0.717, 1.165) is 37.7 Å². The van der Waals surface area contributed by atoms with Gasteiger partial charge in [-0.1, -0.05) is 38.1 Å². The van der Waals surface area contributed by atoms with Gasteiger partial charge in [-0.15, -0.1) is 0 Å². The predicted octanol–water partition coefficient (Wildman–Crippen LogP) is 4.92. The first kappa shape index (κ1) is 25.9. The van der Waals surface area contributed by atoms with Gasteiger partial charge >= 0.3 is 0 Å². The Balaban J connectivity index is 1.45. The van der Waals surface area contributed by atoms with Crippen LogP contribution < -0.4 is 4.74 Å². The molecule has 2 aromatic carbocycles. The fourth-order valence-electron chi connectivity index (χ4n) is 6.58. The largest absolute Gasteiger partial charge is 0.508 e. The summed E-state index contributed by atoms with van der Waals surface area (Å²) in [6.45, 7) is 3.88. The highest BCUT2D eigenvalue weighted by Crippen LogP contribution is 2.55.